The zero-order valence-corrected chi connectivity index (χ0v) is 11.8. The molecule has 0 bridgehead atoms. The van der Waals surface area contributed by atoms with Gasteiger partial charge in [0, 0.05) is 23.4 Å². The van der Waals surface area contributed by atoms with Gasteiger partial charge in [-0.3, -0.25) is 19.7 Å². The minimum atomic E-state index is -0.575. The van der Waals surface area contributed by atoms with E-state index >= 15 is 0 Å². The average molecular weight is 317 g/mol. The van der Waals surface area contributed by atoms with E-state index in [1.54, 1.807) is 0 Å². The minimum Gasteiger partial charge on any atom is -0.343 e. The van der Waals surface area contributed by atoms with Crippen LogP contribution >= 0.6 is 0 Å². The van der Waals surface area contributed by atoms with E-state index in [-0.39, 0.29) is 23.5 Å². The van der Waals surface area contributed by atoms with Gasteiger partial charge in [-0.2, -0.15) is 0 Å². The molecule has 0 aliphatic heterocycles. The molecule has 2 rings (SSSR count). The standard InChI is InChI=1S/C15H12FN3O4/c16-11-2-1-3-12(8-11)18-14(20)9-17-15(21)10-4-6-13(7-5-10)19(22)23/h1-8H,9H2,(H,17,21)(H,18,20). The molecule has 2 aromatic rings. The van der Waals surface area contributed by atoms with Gasteiger partial charge < -0.3 is 10.6 Å². The van der Waals surface area contributed by atoms with Crippen LogP contribution in [0.25, 0.3) is 0 Å². The first-order valence-corrected chi connectivity index (χ1v) is 6.54. The van der Waals surface area contributed by atoms with Crippen molar-refractivity contribution in [3.8, 4) is 0 Å². The first-order chi connectivity index (χ1) is 11.0. The molecule has 2 amide bonds. The fourth-order valence-corrected chi connectivity index (χ4v) is 1.77. The van der Waals surface area contributed by atoms with E-state index in [1.165, 1.54) is 42.5 Å². The molecule has 8 heteroatoms. The van der Waals surface area contributed by atoms with Crippen molar-refractivity contribution in [3.63, 3.8) is 0 Å². The third-order valence-corrected chi connectivity index (χ3v) is 2.86. The second kappa shape index (κ2) is 7.12. The summed E-state index contributed by atoms with van der Waals surface area (Å²) in [4.78, 5) is 33.4. The Morgan fingerprint density at radius 2 is 1.83 bits per heavy atom. The molecular formula is C15H12FN3O4. The van der Waals surface area contributed by atoms with Crippen LogP contribution in [0.15, 0.2) is 48.5 Å². The Hall–Kier alpha value is -3.29. The highest BCUT2D eigenvalue weighted by Gasteiger charge is 2.11. The number of nitrogens with zero attached hydrogens (tertiary/aromatic N) is 1. The van der Waals surface area contributed by atoms with Crippen LogP contribution in [0.2, 0.25) is 0 Å². The zero-order chi connectivity index (χ0) is 16.8. The largest absolute Gasteiger partial charge is 0.343 e. The van der Waals surface area contributed by atoms with Crippen LogP contribution in [0.5, 0.6) is 0 Å². The highest BCUT2D eigenvalue weighted by molar-refractivity contribution is 5.99. The summed E-state index contributed by atoms with van der Waals surface area (Å²) in [5.74, 6) is -1.56. The molecule has 0 aliphatic carbocycles. The second-order valence-corrected chi connectivity index (χ2v) is 4.55. The van der Waals surface area contributed by atoms with Crippen molar-refractivity contribution in [3.05, 3.63) is 70.0 Å². The summed E-state index contributed by atoms with van der Waals surface area (Å²) in [6.45, 7) is -0.313. The van der Waals surface area contributed by atoms with E-state index in [4.69, 9.17) is 0 Å². The normalized spacial score (nSPS) is 9.96. The van der Waals surface area contributed by atoms with Crippen LogP contribution in [0, 0.1) is 15.9 Å². The third-order valence-electron chi connectivity index (χ3n) is 2.86. The number of halogens is 1. The molecule has 23 heavy (non-hydrogen) atoms. The van der Waals surface area contributed by atoms with Gasteiger partial charge in [0.1, 0.15) is 5.82 Å². The SMILES string of the molecule is O=C(CNC(=O)c1ccc([N+](=O)[O-])cc1)Nc1cccc(F)c1. The number of nitrogens with one attached hydrogen (secondary N) is 2. The van der Waals surface area contributed by atoms with E-state index in [1.807, 2.05) is 0 Å². The van der Waals surface area contributed by atoms with Crippen molar-refractivity contribution < 1.29 is 18.9 Å². The Morgan fingerprint density at radius 1 is 1.13 bits per heavy atom. The molecule has 0 saturated carbocycles. The van der Waals surface area contributed by atoms with Gasteiger partial charge >= 0.3 is 0 Å². The quantitative estimate of drug-likeness (QED) is 0.651. The fraction of sp³-hybridized carbons (Fsp3) is 0.0667. The highest BCUT2D eigenvalue weighted by atomic mass is 19.1. The van der Waals surface area contributed by atoms with Gasteiger partial charge in [0.2, 0.25) is 5.91 Å². The summed E-state index contributed by atoms with van der Waals surface area (Å²) in [5, 5.41) is 15.3. The number of benzene rings is 2. The van der Waals surface area contributed by atoms with Crippen molar-refractivity contribution in [2.75, 3.05) is 11.9 Å². The van der Waals surface area contributed by atoms with Crippen LogP contribution < -0.4 is 10.6 Å². The van der Waals surface area contributed by atoms with Gasteiger partial charge in [-0.25, -0.2) is 4.39 Å². The molecule has 0 saturated heterocycles. The summed E-state index contributed by atoms with van der Waals surface area (Å²) in [6, 6.07) is 10.3. The van der Waals surface area contributed by atoms with Crippen LogP contribution in [-0.2, 0) is 4.79 Å². The maximum absolute atomic E-state index is 13.0. The van der Waals surface area contributed by atoms with Gasteiger partial charge in [0.15, 0.2) is 0 Å². The lowest BCUT2D eigenvalue weighted by molar-refractivity contribution is -0.384. The predicted octanol–water partition coefficient (Wildman–Crippen LogP) is 2.10. The number of hydrogen-bond acceptors (Lipinski definition) is 4. The Morgan fingerprint density at radius 3 is 2.43 bits per heavy atom. The van der Waals surface area contributed by atoms with Crippen LogP contribution in [-0.4, -0.2) is 23.3 Å². The number of amides is 2. The molecule has 0 aliphatic rings. The Labute approximate surface area is 130 Å². The van der Waals surface area contributed by atoms with Crippen molar-refractivity contribution in [1.82, 2.24) is 5.32 Å². The molecule has 0 atom stereocenters. The van der Waals surface area contributed by atoms with Gasteiger partial charge in [0.05, 0.1) is 11.5 Å². The maximum Gasteiger partial charge on any atom is 0.269 e. The first kappa shape index (κ1) is 16.1. The van der Waals surface area contributed by atoms with Crippen molar-refractivity contribution in [2.24, 2.45) is 0 Å². The lowest BCUT2D eigenvalue weighted by Gasteiger charge is -2.07. The number of rotatable bonds is 5. The summed E-state index contributed by atoms with van der Waals surface area (Å²) in [6.07, 6.45) is 0. The van der Waals surface area contributed by atoms with E-state index in [0.29, 0.717) is 0 Å². The van der Waals surface area contributed by atoms with E-state index in [0.717, 1.165) is 6.07 Å². The van der Waals surface area contributed by atoms with Crippen molar-refractivity contribution in [2.45, 2.75) is 0 Å². The van der Waals surface area contributed by atoms with Crippen LogP contribution in [0.4, 0.5) is 15.8 Å². The predicted molar refractivity (Wildman–Crippen MR) is 80.5 cm³/mol. The Bertz CT molecular complexity index is 747. The molecule has 0 radical (unpaired) electrons. The molecule has 0 fully saturated rings. The lowest BCUT2D eigenvalue weighted by Crippen LogP contribution is -2.32. The number of non-ortho nitro benzene ring substituents is 1. The molecule has 0 spiro atoms. The molecule has 0 unspecified atom stereocenters. The second-order valence-electron chi connectivity index (χ2n) is 4.55. The van der Waals surface area contributed by atoms with Crippen LogP contribution in [0.3, 0.4) is 0 Å². The molecular weight excluding hydrogens is 305 g/mol. The number of nitro groups is 1. The zero-order valence-electron chi connectivity index (χ0n) is 11.8. The molecule has 118 valence electrons. The van der Waals surface area contributed by atoms with Gasteiger partial charge in [-0.05, 0) is 30.3 Å². The minimum absolute atomic E-state index is 0.134. The monoisotopic (exact) mass is 317 g/mol. The number of carbonyl (C=O) groups is 2. The smallest absolute Gasteiger partial charge is 0.269 e. The van der Waals surface area contributed by atoms with Gasteiger partial charge in [-0.1, -0.05) is 6.07 Å². The average Bonchev–Trinajstić information content (AvgIpc) is 2.52. The summed E-state index contributed by atoms with van der Waals surface area (Å²) in [5.41, 5.74) is 0.333. The van der Waals surface area contributed by atoms with Crippen molar-refractivity contribution >= 4 is 23.2 Å². The summed E-state index contributed by atoms with van der Waals surface area (Å²) >= 11 is 0. The lowest BCUT2D eigenvalue weighted by atomic mass is 10.2. The number of hydrogen-bond donors (Lipinski definition) is 2. The van der Waals surface area contributed by atoms with E-state index in [9.17, 15) is 24.1 Å². The van der Waals surface area contributed by atoms with Crippen molar-refractivity contribution in [1.29, 1.82) is 0 Å². The summed E-state index contributed by atoms with van der Waals surface area (Å²) in [7, 11) is 0. The van der Waals surface area contributed by atoms with E-state index < -0.39 is 22.6 Å². The van der Waals surface area contributed by atoms with Gasteiger partial charge in [-0.15, -0.1) is 0 Å². The number of anilines is 1. The number of carbonyl (C=O) groups excluding carboxylic acids is 2. The first-order valence-electron chi connectivity index (χ1n) is 6.54. The topological polar surface area (TPSA) is 101 Å². The molecule has 2 N–H and O–H groups in total. The van der Waals surface area contributed by atoms with Crippen LogP contribution in [0.1, 0.15) is 10.4 Å². The molecule has 0 heterocycles. The highest BCUT2D eigenvalue weighted by Crippen LogP contribution is 2.12. The maximum atomic E-state index is 13.0. The van der Waals surface area contributed by atoms with Gasteiger partial charge in [0.25, 0.3) is 11.6 Å². The fourth-order valence-electron chi connectivity index (χ4n) is 1.77. The number of nitro benzene ring substituents is 1. The third kappa shape index (κ3) is 4.60. The molecule has 7 nitrogen and oxygen atoms in total. The Kier molecular flexibility index (Phi) is 4.98. The Balaban J connectivity index is 1.88. The molecule has 2 aromatic carbocycles. The molecule has 0 aromatic heterocycles. The summed E-state index contributed by atoms with van der Waals surface area (Å²) < 4.78 is 13.0. The van der Waals surface area contributed by atoms with E-state index in [2.05, 4.69) is 10.6 Å².